The number of carboxylic acids is 1. The summed E-state index contributed by atoms with van der Waals surface area (Å²) < 4.78 is 10.5. The number of aliphatic hydroxyl groups excluding tert-OH is 1. The first-order valence-electron chi connectivity index (χ1n) is 4.74. The van der Waals surface area contributed by atoms with Gasteiger partial charge in [0.2, 0.25) is 0 Å². The number of carboxylic acid groups (broad SMARTS) is 1. The fraction of sp³-hybridized carbons (Fsp3) is 0.889. The van der Waals surface area contributed by atoms with E-state index in [1.165, 1.54) is 6.92 Å². The van der Waals surface area contributed by atoms with Crippen LogP contribution in [-0.4, -0.2) is 34.5 Å². The van der Waals surface area contributed by atoms with Crippen LogP contribution in [0.2, 0.25) is 0 Å². The zero-order chi connectivity index (χ0) is 12.4. The minimum atomic E-state index is -1.23. The summed E-state index contributed by atoms with van der Waals surface area (Å²) in [6.45, 7) is 9.28. The minimum absolute atomic E-state index is 0.323. The largest absolute Gasteiger partial charge is 0.479 e. The second-order valence-electron chi connectivity index (χ2n) is 3.43. The van der Waals surface area contributed by atoms with Gasteiger partial charge < -0.3 is 10.2 Å². The molecule has 0 aromatic rings. The number of rotatable bonds is 5. The van der Waals surface area contributed by atoms with E-state index in [4.69, 9.17) is 16.8 Å². The molecule has 0 fully saturated rings. The van der Waals surface area contributed by atoms with E-state index in [1.54, 1.807) is 0 Å². The van der Waals surface area contributed by atoms with Gasteiger partial charge in [-0.05, 0) is 6.92 Å². The van der Waals surface area contributed by atoms with E-state index >= 15 is 0 Å². The van der Waals surface area contributed by atoms with Crippen LogP contribution in [0, 0.1) is 0 Å². The van der Waals surface area contributed by atoms with E-state index in [0.29, 0.717) is 12.2 Å². The van der Waals surface area contributed by atoms with Gasteiger partial charge in [-0.2, -0.15) is 0 Å². The van der Waals surface area contributed by atoms with Crippen LogP contribution in [-0.2, 0) is 31.4 Å². The predicted octanol–water partition coefficient (Wildman–Crippen LogP) is 1.20. The first kappa shape index (κ1) is 17.5. The van der Waals surface area contributed by atoms with Crippen LogP contribution in [0.5, 0.6) is 0 Å². The number of carbonyl (C=O) groups is 1. The fourth-order valence-electron chi connectivity index (χ4n) is 0.220. The average molecular weight is 256 g/mol. The van der Waals surface area contributed by atoms with Crippen molar-refractivity contribution >= 4 is 5.97 Å². The van der Waals surface area contributed by atoms with E-state index in [9.17, 15) is 4.79 Å². The molecule has 0 rings (SSSR count). The van der Waals surface area contributed by atoms with Crippen LogP contribution >= 0.6 is 0 Å². The average Bonchev–Trinajstić information content (AvgIpc) is 2.03. The van der Waals surface area contributed by atoms with Gasteiger partial charge in [-0.3, -0.25) is 0 Å². The molecule has 1 atom stereocenters. The molecule has 15 heavy (non-hydrogen) atoms. The molecule has 0 saturated heterocycles. The summed E-state index contributed by atoms with van der Waals surface area (Å²) in [5.74, 6) is -1.19. The molecular weight excluding hydrogens is 236 g/mol. The van der Waals surface area contributed by atoms with Gasteiger partial charge in [-0.1, -0.05) is 0 Å². The van der Waals surface area contributed by atoms with Crippen molar-refractivity contribution in [2.75, 3.05) is 0 Å². The maximum Gasteiger partial charge on any atom is 0.332 e. The van der Waals surface area contributed by atoms with Crippen LogP contribution in [0.25, 0.3) is 0 Å². The van der Waals surface area contributed by atoms with Crippen LogP contribution in [0.4, 0.5) is 0 Å². The van der Waals surface area contributed by atoms with Gasteiger partial charge in [-0.15, -0.1) is 0 Å². The summed E-state index contributed by atoms with van der Waals surface area (Å²) in [6, 6.07) is 0. The summed E-state index contributed by atoms with van der Waals surface area (Å²) in [5.41, 5.74) is 0. The molecule has 0 aliphatic heterocycles. The molecule has 5 nitrogen and oxygen atoms in total. The van der Waals surface area contributed by atoms with Crippen molar-refractivity contribution in [2.24, 2.45) is 0 Å². The Morgan fingerprint density at radius 1 is 1.07 bits per heavy atom. The number of aliphatic hydroxyl groups is 1. The SMILES string of the molecule is CC(C)[O][Ti][O]C(C)C.CC(O)C(=O)O. The summed E-state index contributed by atoms with van der Waals surface area (Å²) >= 11 is -0.574. The number of hydrogen-bond acceptors (Lipinski definition) is 4. The van der Waals surface area contributed by atoms with Crippen LogP contribution in [0.3, 0.4) is 0 Å². The van der Waals surface area contributed by atoms with Gasteiger partial charge in [0.1, 0.15) is 6.10 Å². The maximum atomic E-state index is 9.45. The van der Waals surface area contributed by atoms with Crippen molar-refractivity contribution in [2.45, 2.75) is 52.9 Å². The molecule has 0 aliphatic carbocycles. The molecule has 0 amide bonds. The molecule has 6 heteroatoms. The Morgan fingerprint density at radius 2 is 1.33 bits per heavy atom. The van der Waals surface area contributed by atoms with E-state index in [2.05, 4.69) is 0 Å². The van der Waals surface area contributed by atoms with Gasteiger partial charge in [0.25, 0.3) is 0 Å². The molecule has 0 spiro atoms. The Morgan fingerprint density at radius 3 is 1.47 bits per heavy atom. The van der Waals surface area contributed by atoms with Crippen molar-refractivity contribution in [1.29, 1.82) is 0 Å². The molecule has 2 N–H and O–H groups in total. The van der Waals surface area contributed by atoms with Crippen LogP contribution < -0.4 is 0 Å². The molecule has 0 aromatic carbocycles. The van der Waals surface area contributed by atoms with Crippen molar-refractivity contribution in [1.82, 2.24) is 0 Å². The molecule has 0 bridgehead atoms. The standard InChI is InChI=1S/C3H6O3.2C3H7O.Ti/c1-2(4)3(5)6;2*1-3(2)4;/h2,4H,1H3,(H,5,6);2*3H,1-2H3;/q;2*-1;+2. The Kier molecular flexibility index (Phi) is 12.3. The van der Waals surface area contributed by atoms with Crippen molar-refractivity contribution < 1.29 is 41.6 Å². The molecule has 1 unspecified atom stereocenters. The maximum absolute atomic E-state index is 9.45. The normalized spacial score (nSPS) is 12.0. The number of aliphatic carboxylic acids is 1. The summed E-state index contributed by atoms with van der Waals surface area (Å²) in [4.78, 5) is 9.45. The molecule has 0 heterocycles. The second kappa shape index (κ2) is 10.6. The molecule has 90 valence electrons. The van der Waals surface area contributed by atoms with Crippen LogP contribution in [0.1, 0.15) is 34.6 Å². The molecular formula is C9H20O5Ti. The van der Waals surface area contributed by atoms with Crippen LogP contribution in [0.15, 0.2) is 0 Å². The van der Waals surface area contributed by atoms with Gasteiger partial charge >= 0.3 is 72.4 Å². The first-order chi connectivity index (χ1) is 6.77. The third-order valence-corrected chi connectivity index (χ3v) is 2.70. The third-order valence-electron chi connectivity index (χ3n) is 0.925. The van der Waals surface area contributed by atoms with Crippen molar-refractivity contribution in [3.8, 4) is 0 Å². The number of hydrogen-bond donors (Lipinski definition) is 2. The smallest absolute Gasteiger partial charge is 0.332 e. The topological polar surface area (TPSA) is 76.0 Å². The zero-order valence-electron chi connectivity index (χ0n) is 9.85. The quantitative estimate of drug-likeness (QED) is 0.723. The monoisotopic (exact) mass is 256 g/mol. The Balaban J connectivity index is 0. The summed E-state index contributed by atoms with van der Waals surface area (Å²) in [5, 5.41) is 15.8. The third kappa shape index (κ3) is 20.2. The van der Waals surface area contributed by atoms with Gasteiger partial charge in [-0.25, -0.2) is 4.79 Å². The Hall–Kier alpha value is 0.0643. The zero-order valence-corrected chi connectivity index (χ0v) is 11.4. The summed E-state index contributed by atoms with van der Waals surface area (Å²) in [7, 11) is 0. The molecule has 0 saturated carbocycles. The van der Waals surface area contributed by atoms with Gasteiger partial charge in [0.05, 0.1) is 0 Å². The Bertz CT molecular complexity index is 151. The minimum Gasteiger partial charge on any atom is -0.479 e. The van der Waals surface area contributed by atoms with E-state index < -0.39 is 32.0 Å². The fourth-order valence-corrected chi connectivity index (χ4v) is 0.908. The van der Waals surface area contributed by atoms with Gasteiger partial charge in [0, 0.05) is 0 Å². The van der Waals surface area contributed by atoms with E-state index in [0.717, 1.165) is 0 Å². The van der Waals surface area contributed by atoms with Crippen molar-refractivity contribution in [3.05, 3.63) is 0 Å². The first-order valence-corrected chi connectivity index (χ1v) is 6.02. The van der Waals surface area contributed by atoms with E-state index in [1.807, 2.05) is 27.7 Å². The predicted molar refractivity (Wildman–Crippen MR) is 51.8 cm³/mol. The Labute approximate surface area is 101 Å². The molecule has 0 aromatic heterocycles. The van der Waals surface area contributed by atoms with E-state index in [-0.39, 0.29) is 0 Å². The van der Waals surface area contributed by atoms with Crippen molar-refractivity contribution in [3.63, 3.8) is 0 Å². The molecule has 0 radical (unpaired) electrons. The molecule has 0 aliphatic rings. The second-order valence-corrected chi connectivity index (χ2v) is 4.43. The summed E-state index contributed by atoms with van der Waals surface area (Å²) in [6.07, 6.45) is -0.586. The van der Waals surface area contributed by atoms with Gasteiger partial charge in [0.15, 0.2) is 0 Å².